The van der Waals surface area contributed by atoms with Gasteiger partial charge in [0.15, 0.2) is 5.82 Å². The number of nitrogens with one attached hydrogen (secondary N) is 2. The van der Waals surface area contributed by atoms with E-state index >= 15 is 0 Å². The lowest BCUT2D eigenvalue weighted by Crippen LogP contribution is -2.24. The van der Waals surface area contributed by atoms with Crippen LogP contribution in [0.3, 0.4) is 0 Å². The number of carboxylic acids is 1. The van der Waals surface area contributed by atoms with Gasteiger partial charge < -0.3 is 10.4 Å². The molecule has 3 N–H and O–H groups in total. The Morgan fingerprint density at radius 1 is 1.17 bits per heavy atom. The van der Waals surface area contributed by atoms with Crippen LogP contribution in [0.4, 0.5) is 0 Å². The summed E-state index contributed by atoms with van der Waals surface area (Å²) in [4.78, 5) is 14.9. The molecule has 0 atom stereocenters. The summed E-state index contributed by atoms with van der Waals surface area (Å²) in [7, 11) is 0. The molecule has 8 heteroatoms. The predicted octanol–water partition coefficient (Wildman–Crippen LogP) is 3.06. The minimum atomic E-state index is -0.846. The molecule has 0 spiro atoms. The number of benzene rings is 1. The fraction of sp³-hybridized carbons (Fsp3) is 0.286. The molecule has 0 saturated heterocycles. The van der Waals surface area contributed by atoms with Crippen LogP contribution in [0.5, 0.6) is 0 Å². The number of hydrogen-bond acceptors (Lipinski definition) is 5. The first-order chi connectivity index (χ1) is 14.1. The Labute approximate surface area is 169 Å². The number of nitrogens with zero attached hydrogens (tertiary/aromatic N) is 4. The molecule has 0 bridgehead atoms. The number of carbonyl (C=O) groups is 1. The topological polar surface area (TPSA) is 117 Å². The fourth-order valence-electron chi connectivity index (χ4n) is 2.77. The number of imidazole rings is 1. The number of aliphatic carboxylic acids is 1. The SMILES string of the molecule is CCCCNC(=N)c1ccc(-c2ccc(-n3cnc(CCC(=O)O)c3)nn2)cc1. The van der Waals surface area contributed by atoms with Crippen molar-refractivity contribution in [2.75, 3.05) is 6.54 Å². The van der Waals surface area contributed by atoms with E-state index in [9.17, 15) is 4.79 Å². The van der Waals surface area contributed by atoms with Crippen molar-refractivity contribution in [1.82, 2.24) is 25.1 Å². The van der Waals surface area contributed by atoms with Crippen molar-refractivity contribution in [2.45, 2.75) is 32.6 Å². The Kier molecular flexibility index (Phi) is 6.67. The van der Waals surface area contributed by atoms with Crippen LogP contribution in [0, 0.1) is 5.41 Å². The Bertz CT molecular complexity index is 964. The molecule has 0 aliphatic heterocycles. The number of amidine groups is 1. The summed E-state index contributed by atoms with van der Waals surface area (Å²) in [6, 6.07) is 11.4. The maximum Gasteiger partial charge on any atom is 0.303 e. The van der Waals surface area contributed by atoms with Gasteiger partial charge in [-0.1, -0.05) is 37.6 Å². The fourth-order valence-corrected chi connectivity index (χ4v) is 2.77. The third-order valence-electron chi connectivity index (χ3n) is 4.45. The average molecular weight is 392 g/mol. The summed E-state index contributed by atoms with van der Waals surface area (Å²) in [6.07, 6.45) is 5.92. The van der Waals surface area contributed by atoms with Crippen molar-refractivity contribution in [3.8, 4) is 17.1 Å². The summed E-state index contributed by atoms with van der Waals surface area (Å²) in [6.45, 7) is 2.92. The Morgan fingerprint density at radius 3 is 2.62 bits per heavy atom. The molecule has 2 heterocycles. The van der Waals surface area contributed by atoms with Gasteiger partial charge >= 0.3 is 5.97 Å². The normalized spacial score (nSPS) is 10.7. The lowest BCUT2D eigenvalue weighted by molar-refractivity contribution is -0.136. The van der Waals surface area contributed by atoms with Crippen molar-refractivity contribution in [1.29, 1.82) is 5.41 Å². The Balaban J connectivity index is 1.65. The summed E-state index contributed by atoms with van der Waals surface area (Å²) in [5.41, 5.74) is 3.18. The quantitative estimate of drug-likeness (QED) is 0.293. The highest BCUT2D eigenvalue weighted by Gasteiger charge is 2.07. The van der Waals surface area contributed by atoms with Crippen LogP contribution in [0.15, 0.2) is 48.9 Å². The highest BCUT2D eigenvalue weighted by atomic mass is 16.4. The molecule has 0 aliphatic rings. The van der Waals surface area contributed by atoms with Crippen molar-refractivity contribution in [3.63, 3.8) is 0 Å². The van der Waals surface area contributed by atoms with E-state index in [-0.39, 0.29) is 6.42 Å². The molecule has 0 saturated carbocycles. The molecule has 29 heavy (non-hydrogen) atoms. The molecule has 0 fully saturated rings. The van der Waals surface area contributed by atoms with E-state index in [4.69, 9.17) is 10.5 Å². The van der Waals surface area contributed by atoms with Crippen molar-refractivity contribution < 1.29 is 9.90 Å². The molecule has 1 aromatic carbocycles. The molecular formula is C21H24N6O2. The molecule has 0 aliphatic carbocycles. The maximum atomic E-state index is 10.7. The van der Waals surface area contributed by atoms with Crippen molar-refractivity contribution >= 4 is 11.8 Å². The van der Waals surface area contributed by atoms with Gasteiger partial charge in [-0.15, -0.1) is 10.2 Å². The van der Waals surface area contributed by atoms with Crippen LogP contribution in [0.1, 0.15) is 37.4 Å². The second-order valence-corrected chi connectivity index (χ2v) is 6.68. The molecular weight excluding hydrogens is 368 g/mol. The lowest BCUT2D eigenvalue weighted by Gasteiger charge is -2.08. The smallest absolute Gasteiger partial charge is 0.303 e. The van der Waals surface area contributed by atoms with Gasteiger partial charge in [0, 0.05) is 30.3 Å². The average Bonchev–Trinajstić information content (AvgIpc) is 3.22. The van der Waals surface area contributed by atoms with E-state index in [0.717, 1.165) is 36.2 Å². The van der Waals surface area contributed by atoms with E-state index in [1.165, 1.54) is 0 Å². The van der Waals surface area contributed by atoms with Crippen LogP contribution in [-0.4, -0.2) is 43.2 Å². The van der Waals surface area contributed by atoms with E-state index in [1.807, 2.05) is 36.4 Å². The van der Waals surface area contributed by atoms with Crippen LogP contribution in [0.2, 0.25) is 0 Å². The van der Waals surface area contributed by atoms with E-state index in [1.54, 1.807) is 17.1 Å². The highest BCUT2D eigenvalue weighted by molar-refractivity contribution is 5.96. The molecule has 8 nitrogen and oxygen atoms in total. The zero-order valence-electron chi connectivity index (χ0n) is 16.3. The zero-order chi connectivity index (χ0) is 20.6. The van der Waals surface area contributed by atoms with Gasteiger partial charge in [0.2, 0.25) is 0 Å². The number of carboxylic acid groups (broad SMARTS) is 1. The molecule has 2 aromatic heterocycles. The van der Waals surface area contributed by atoms with Gasteiger partial charge in [-0.25, -0.2) is 4.98 Å². The van der Waals surface area contributed by atoms with E-state index < -0.39 is 5.97 Å². The van der Waals surface area contributed by atoms with Crippen LogP contribution in [-0.2, 0) is 11.2 Å². The summed E-state index contributed by atoms with van der Waals surface area (Å²) in [5, 5.41) is 28.5. The molecule has 0 amide bonds. The van der Waals surface area contributed by atoms with Crippen LogP contribution < -0.4 is 5.32 Å². The van der Waals surface area contributed by atoms with Gasteiger partial charge in [-0.2, -0.15) is 0 Å². The van der Waals surface area contributed by atoms with E-state index in [2.05, 4.69) is 27.4 Å². The maximum absolute atomic E-state index is 10.7. The highest BCUT2D eigenvalue weighted by Crippen LogP contribution is 2.18. The summed E-state index contributed by atoms with van der Waals surface area (Å²) >= 11 is 0. The lowest BCUT2D eigenvalue weighted by atomic mass is 10.1. The summed E-state index contributed by atoms with van der Waals surface area (Å²) in [5.74, 6) is 0.188. The molecule has 0 unspecified atom stereocenters. The first-order valence-electron chi connectivity index (χ1n) is 9.59. The van der Waals surface area contributed by atoms with Crippen LogP contribution in [0.25, 0.3) is 17.1 Å². The monoisotopic (exact) mass is 392 g/mol. The molecule has 0 radical (unpaired) electrons. The number of hydrogen-bond donors (Lipinski definition) is 3. The third-order valence-corrected chi connectivity index (χ3v) is 4.45. The van der Waals surface area contributed by atoms with Crippen molar-refractivity contribution in [3.05, 3.63) is 60.2 Å². The minimum Gasteiger partial charge on any atom is -0.481 e. The Morgan fingerprint density at radius 2 is 1.97 bits per heavy atom. The standard InChI is InChI=1S/C21H24N6O2/c1-2-3-12-23-21(22)16-6-4-15(5-7-16)18-9-10-19(26-25-18)27-13-17(24-14-27)8-11-20(28)29/h4-7,9-10,13-14H,2-3,8,11-12H2,1H3,(H2,22,23)(H,28,29). The zero-order valence-corrected chi connectivity index (χ0v) is 16.3. The van der Waals surface area contributed by atoms with Gasteiger partial charge in [0.05, 0.1) is 17.8 Å². The summed E-state index contributed by atoms with van der Waals surface area (Å²) < 4.78 is 1.72. The van der Waals surface area contributed by atoms with Crippen LogP contribution >= 0.6 is 0 Å². The predicted molar refractivity (Wildman–Crippen MR) is 110 cm³/mol. The molecule has 3 aromatic rings. The second kappa shape index (κ2) is 9.59. The van der Waals surface area contributed by atoms with Gasteiger partial charge in [0.1, 0.15) is 12.2 Å². The number of rotatable bonds is 9. The van der Waals surface area contributed by atoms with Gasteiger partial charge in [-0.3, -0.25) is 14.8 Å². The first kappa shape index (κ1) is 20.2. The van der Waals surface area contributed by atoms with Crippen molar-refractivity contribution in [2.24, 2.45) is 0 Å². The number of unbranched alkanes of at least 4 members (excludes halogenated alkanes) is 1. The largest absolute Gasteiger partial charge is 0.481 e. The second-order valence-electron chi connectivity index (χ2n) is 6.68. The third kappa shape index (κ3) is 5.47. The van der Waals surface area contributed by atoms with Gasteiger partial charge in [0.25, 0.3) is 0 Å². The molecule has 3 rings (SSSR count). The first-order valence-corrected chi connectivity index (χ1v) is 9.59. The van der Waals surface area contributed by atoms with Gasteiger partial charge in [-0.05, 0) is 18.6 Å². The Hall–Kier alpha value is -3.55. The minimum absolute atomic E-state index is 0.0449. The number of aromatic nitrogens is 4. The molecule has 150 valence electrons. The number of aryl methyl sites for hydroxylation is 1. The van der Waals surface area contributed by atoms with E-state index in [0.29, 0.717) is 23.8 Å².